The number of sulfonamides is 1. The standard InChI is InChI=1S/C23H30N2O4S/c1-23(2,3)30(27,28)25-18-14-12-17(13-15-18)22(26)24-19-8-7-11-21(16-19)29-20-9-5-4-6-10-20/h7-8,11-16,20,25H,4-6,9-10H2,1-3H3,(H,24,26). The van der Waals surface area contributed by atoms with Crippen LogP contribution < -0.4 is 14.8 Å². The maximum Gasteiger partial charge on any atom is 0.255 e. The predicted molar refractivity (Wildman–Crippen MR) is 121 cm³/mol. The first kappa shape index (κ1) is 22.2. The van der Waals surface area contributed by atoms with Gasteiger partial charge in [0.25, 0.3) is 5.91 Å². The zero-order valence-electron chi connectivity index (χ0n) is 17.8. The lowest BCUT2D eigenvalue weighted by atomic mass is 9.98. The zero-order chi connectivity index (χ0) is 21.8. The molecular weight excluding hydrogens is 400 g/mol. The normalized spacial score (nSPS) is 15.4. The van der Waals surface area contributed by atoms with Gasteiger partial charge in [0.15, 0.2) is 0 Å². The molecule has 6 nitrogen and oxygen atoms in total. The highest BCUT2D eigenvalue weighted by molar-refractivity contribution is 7.94. The third-order valence-electron chi connectivity index (χ3n) is 5.15. The largest absolute Gasteiger partial charge is 0.490 e. The summed E-state index contributed by atoms with van der Waals surface area (Å²) in [6, 6.07) is 13.8. The second-order valence-corrected chi connectivity index (χ2v) is 11.1. The van der Waals surface area contributed by atoms with Gasteiger partial charge < -0.3 is 10.1 Å². The molecule has 1 aliphatic rings. The highest BCUT2D eigenvalue weighted by atomic mass is 32.2. The van der Waals surface area contributed by atoms with E-state index in [1.54, 1.807) is 45.0 Å². The summed E-state index contributed by atoms with van der Waals surface area (Å²) in [6.07, 6.45) is 6.05. The minimum absolute atomic E-state index is 0.245. The van der Waals surface area contributed by atoms with Crippen molar-refractivity contribution in [1.82, 2.24) is 0 Å². The molecule has 30 heavy (non-hydrogen) atoms. The Morgan fingerprint density at radius 1 is 0.967 bits per heavy atom. The van der Waals surface area contributed by atoms with E-state index in [2.05, 4.69) is 10.0 Å². The third-order valence-corrected chi connectivity index (χ3v) is 7.27. The smallest absolute Gasteiger partial charge is 0.255 e. The molecule has 2 aromatic rings. The lowest BCUT2D eigenvalue weighted by Crippen LogP contribution is -2.33. The molecule has 3 rings (SSSR count). The van der Waals surface area contributed by atoms with Gasteiger partial charge in [0.1, 0.15) is 5.75 Å². The number of amides is 1. The molecule has 0 aliphatic heterocycles. The van der Waals surface area contributed by atoms with Crippen molar-refractivity contribution in [2.24, 2.45) is 0 Å². The van der Waals surface area contributed by atoms with E-state index in [0.717, 1.165) is 18.6 Å². The van der Waals surface area contributed by atoms with Gasteiger partial charge in [-0.1, -0.05) is 12.5 Å². The topological polar surface area (TPSA) is 84.5 Å². The average molecular weight is 431 g/mol. The Labute approximate surface area is 179 Å². The number of carbonyl (C=O) groups is 1. The maximum atomic E-state index is 12.6. The number of hydrogen-bond donors (Lipinski definition) is 2. The summed E-state index contributed by atoms with van der Waals surface area (Å²) in [7, 11) is -3.51. The van der Waals surface area contributed by atoms with E-state index in [0.29, 0.717) is 16.9 Å². The first-order valence-corrected chi connectivity index (χ1v) is 11.8. The Bertz CT molecular complexity index is 973. The Hall–Kier alpha value is -2.54. The van der Waals surface area contributed by atoms with Gasteiger partial charge in [-0.25, -0.2) is 8.42 Å². The minimum atomic E-state index is -3.51. The first-order chi connectivity index (χ1) is 14.1. The Morgan fingerprint density at radius 2 is 1.63 bits per heavy atom. The number of carbonyl (C=O) groups excluding carboxylic acids is 1. The molecule has 0 saturated heterocycles. The van der Waals surface area contributed by atoms with Gasteiger partial charge >= 0.3 is 0 Å². The van der Waals surface area contributed by atoms with Crippen LogP contribution in [0.25, 0.3) is 0 Å². The maximum absolute atomic E-state index is 12.6. The van der Waals surface area contributed by atoms with Crippen molar-refractivity contribution in [3.05, 3.63) is 54.1 Å². The van der Waals surface area contributed by atoms with Crippen molar-refractivity contribution in [3.63, 3.8) is 0 Å². The molecule has 7 heteroatoms. The van der Waals surface area contributed by atoms with E-state index in [4.69, 9.17) is 4.74 Å². The van der Waals surface area contributed by atoms with Gasteiger partial charge in [-0.15, -0.1) is 0 Å². The van der Waals surface area contributed by atoms with Crippen LogP contribution in [0.4, 0.5) is 11.4 Å². The van der Waals surface area contributed by atoms with Crippen LogP contribution in [0.2, 0.25) is 0 Å². The SMILES string of the molecule is CC(C)(C)S(=O)(=O)Nc1ccc(C(=O)Nc2cccc(OC3CCCCC3)c2)cc1. The Kier molecular flexibility index (Phi) is 6.71. The van der Waals surface area contributed by atoms with E-state index in [1.165, 1.54) is 19.3 Å². The van der Waals surface area contributed by atoms with Crippen LogP contribution in [0, 0.1) is 0 Å². The van der Waals surface area contributed by atoms with E-state index < -0.39 is 14.8 Å². The summed E-state index contributed by atoms with van der Waals surface area (Å²) >= 11 is 0. The number of hydrogen-bond acceptors (Lipinski definition) is 4. The molecule has 1 amide bonds. The van der Waals surface area contributed by atoms with Gasteiger partial charge in [0.2, 0.25) is 10.0 Å². The van der Waals surface area contributed by atoms with E-state index in [-0.39, 0.29) is 12.0 Å². The lowest BCUT2D eigenvalue weighted by molar-refractivity contribution is 0.102. The number of rotatable bonds is 6. The van der Waals surface area contributed by atoms with Crippen molar-refractivity contribution in [2.45, 2.75) is 63.7 Å². The van der Waals surface area contributed by atoms with E-state index in [1.807, 2.05) is 24.3 Å². The van der Waals surface area contributed by atoms with Crippen LogP contribution in [-0.4, -0.2) is 25.2 Å². The molecule has 1 saturated carbocycles. The fourth-order valence-electron chi connectivity index (χ4n) is 3.22. The number of benzene rings is 2. The monoisotopic (exact) mass is 430 g/mol. The molecule has 0 atom stereocenters. The van der Waals surface area contributed by atoms with Crippen molar-refractivity contribution in [3.8, 4) is 5.75 Å². The Balaban J connectivity index is 1.62. The molecule has 0 aromatic heterocycles. The first-order valence-electron chi connectivity index (χ1n) is 10.3. The summed E-state index contributed by atoms with van der Waals surface area (Å²) in [5, 5.41) is 2.87. The van der Waals surface area contributed by atoms with Gasteiger partial charge in [-0.3, -0.25) is 9.52 Å². The van der Waals surface area contributed by atoms with Crippen molar-refractivity contribution in [2.75, 3.05) is 10.0 Å². The van der Waals surface area contributed by atoms with Crippen LogP contribution in [0.15, 0.2) is 48.5 Å². The molecule has 2 N–H and O–H groups in total. The van der Waals surface area contributed by atoms with Crippen LogP contribution in [0.5, 0.6) is 5.75 Å². The lowest BCUT2D eigenvalue weighted by Gasteiger charge is -2.23. The molecule has 1 aliphatic carbocycles. The van der Waals surface area contributed by atoms with Gasteiger partial charge in [-0.2, -0.15) is 0 Å². The average Bonchev–Trinajstić information content (AvgIpc) is 2.68. The van der Waals surface area contributed by atoms with Gasteiger partial charge in [0, 0.05) is 23.0 Å². The summed E-state index contributed by atoms with van der Waals surface area (Å²) in [6.45, 7) is 4.88. The van der Waals surface area contributed by atoms with Crippen molar-refractivity contribution >= 4 is 27.3 Å². The molecular formula is C23H30N2O4S. The molecule has 1 fully saturated rings. The minimum Gasteiger partial charge on any atom is -0.490 e. The van der Waals surface area contributed by atoms with Gasteiger partial charge in [0.05, 0.1) is 10.9 Å². The number of anilines is 2. The molecule has 0 spiro atoms. The summed E-state index contributed by atoms with van der Waals surface area (Å²) in [5.41, 5.74) is 1.52. The molecule has 0 bridgehead atoms. The highest BCUT2D eigenvalue weighted by Crippen LogP contribution is 2.25. The van der Waals surface area contributed by atoms with Crippen molar-refractivity contribution < 1.29 is 17.9 Å². The molecule has 2 aromatic carbocycles. The van der Waals surface area contributed by atoms with Crippen LogP contribution in [0.3, 0.4) is 0 Å². The second kappa shape index (κ2) is 9.08. The second-order valence-electron chi connectivity index (χ2n) is 8.66. The van der Waals surface area contributed by atoms with E-state index in [9.17, 15) is 13.2 Å². The van der Waals surface area contributed by atoms with E-state index >= 15 is 0 Å². The fraction of sp³-hybridized carbons (Fsp3) is 0.435. The molecule has 0 unspecified atom stereocenters. The molecule has 162 valence electrons. The highest BCUT2D eigenvalue weighted by Gasteiger charge is 2.28. The van der Waals surface area contributed by atoms with Crippen LogP contribution in [-0.2, 0) is 10.0 Å². The van der Waals surface area contributed by atoms with Gasteiger partial charge in [-0.05, 0) is 82.9 Å². The molecule has 0 radical (unpaired) electrons. The summed E-state index contributed by atoms with van der Waals surface area (Å²) in [4.78, 5) is 12.6. The quantitative estimate of drug-likeness (QED) is 0.660. The molecule has 0 heterocycles. The third kappa shape index (κ3) is 5.75. The zero-order valence-corrected chi connectivity index (χ0v) is 18.6. The van der Waals surface area contributed by atoms with Crippen LogP contribution >= 0.6 is 0 Å². The predicted octanol–water partition coefficient (Wildman–Crippen LogP) is 5.19. The number of ether oxygens (including phenoxy) is 1. The fourth-order valence-corrected chi connectivity index (χ4v) is 3.98. The summed E-state index contributed by atoms with van der Waals surface area (Å²) < 4.78 is 32.2. The van der Waals surface area contributed by atoms with Crippen molar-refractivity contribution in [1.29, 1.82) is 0 Å². The number of nitrogens with one attached hydrogen (secondary N) is 2. The van der Waals surface area contributed by atoms with Crippen LogP contribution in [0.1, 0.15) is 63.2 Å². The summed E-state index contributed by atoms with van der Waals surface area (Å²) in [5.74, 6) is 0.488. The Morgan fingerprint density at radius 3 is 2.27 bits per heavy atom.